The van der Waals surface area contributed by atoms with Crippen molar-refractivity contribution < 1.29 is 0 Å². The van der Waals surface area contributed by atoms with E-state index in [0.717, 1.165) is 30.2 Å². The number of benzene rings is 1. The Morgan fingerprint density at radius 2 is 2.00 bits per heavy atom. The van der Waals surface area contributed by atoms with Crippen LogP contribution in [0.1, 0.15) is 24.8 Å². The summed E-state index contributed by atoms with van der Waals surface area (Å²) in [5, 5.41) is 0. The summed E-state index contributed by atoms with van der Waals surface area (Å²) < 4.78 is 1.12. The Balaban J connectivity index is 2.34. The Bertz CT molecular complexity index is 292. The molecule has 1 rings (SSSR count). The van der Waals surface area contributed by atoms with Gasteiger partial charge in [0.1, 0.15) is 0 Å². The van der Waals surface area contributed by atoms with E-state index in [9.17, 15) is 0 Å². The van der Waals surface area contributed by atoms with Crippen LogP contribution in [0.4, 0.5) is 0 Å². The summed E-state index contributed by atoms with van der Waals surface area (Å²) >= 11 is 3.42. The van der Waals surface area contributed by atoms with E-state index in [2.05, 4.69) is 46.8 Å². The molecule has 82 valence electrons. The second-order valence-electron chi connectivity index (χ2n) is 3.81. The summed E-state index contributed by atoms with van der Waals surface area (Å²) in [4.78, 5) is 0. The Kier molecular flexibility index (Phi) is 5.66. The van der Waals surface area contributed by atoms with E-state index < -0.39 is 0 Å². The van der Waals surface area contributed by atoms with E-state index in [1.54, 1.807) is 0 Å². The molecule has 1 aromatic carbocycles. The highest BCUT2D eigenvalue weighted by Gasteiger charge is 2.03. The maximum absolute atomic E-state index is 6.04. The fourth-order valence-electron chi connectivity index (χ4n) is 1.55. The molecule has 0 aliphatic rings. The molecule has 0 fully saturated rings. The van der Waals surface area contributed by atoms with Gasteiger partial charge in [-0.25, -0.2) is 0 Å². The molecule has 0 aliphatic heterocycles. The number of nitrogens with two attached hydrogens (primary N) is 1. The van der Waals surface area contributed by atoms with E-state index in [0.29, 0.717) is 0 Å². The lowest BCUT2D eigenvalue weighted by molar-refractivity contribution is 0.584. The third-order valence-corrected chi connectivity index (χ3v) is 2.92. The zero-order valence-corrected chi connectivity index (χ0v) is 10.5. The van der Waals surface area contributed by atoms with Crippen LogP contribution in [0.5, 0.6) is 0 Å². The van der Waals surface area contributed by atoms with Gasteiger partial charge in [-0.15, -0.1) is 6.58 Å². The predicted octanol–water partition coefficient (Wildman–Crippen LogP) is 3.68. The molecule has 0 heterocycles. The number of hydrogen-bond donors (Lipinski definition) is 1. The van der Waals surface area contributed by atoms with Crippen molar-refractivity contribution in [3.8, 4) is 0 Å². The van der Waals surface area contributed by atoms with Gasteiger partial charge in [0.05, 0.1) is 0 Å². The van der Waals surface area contributed by atoms with Crippen molar-refractivity contribution in [2.75, 3.05) is 0 Å². The predicted molar refractivity (Wildman–Crippen MR) is 69.9 cm³/mol. The maximum atomic E-state index is 6.04. The van der Waals surface area contributed by atoms with Crippen molar-refractivity contribution in [3.63, 3.8) is 0 Å². The van der Waals surface area contributed by atoms with Crippen LogP contribution in [-0.2, 0) is 6.42 Å². The molecule has 0 radical (unpaired) electrons. The van der Waals surface area contributed by atoms with Crippen LogP contribution >= 0.6 is 15.9 Å². The SMILES string of the molecule is C=CCCCC(N)Cc1ccc(Br)cc1. The molecular weight excluding hydrogens is 250 g/mol. The zero-order chi connectivity index (χ0) is 11.1. The van der Waals surface area contributed by atoms with Gasteiger partial charge >= 0.3 is 0 Å². The monoisotopic (exact) mass is 267 g/mol. The molecule has 1 unspecified atom stereocenters. The van der Waals surface area contributed by atoms with Gasteiger partial charge in [-0.2, -0.15) is 0 Å². The van der Waals surface area contributed by atoms with Crippen molar-refractivity contribution in [3.05, 3.63) is 47.0 Å². The minimum Gasteiger partial charge on any atom is -0.327 e. The van der Waals surface area contributed by atoms with E-state index >= 15 is 0 Å². The second kappa shape index (κ2) is 6.81. The molecule has 1 atom stereocenters. The second-order valence-corrected chi connectivity index (χ2v) is 4.73. The lowest BCUT2D eigenvalue weighted by Gasteiger charge is -2.10. The van der Waals surface area contributed by atoms with Crippen LogP contribution < -0.4 is 5.73 Å². The van der Waals surface area contributed by atoms with Crippen LogP contribution in [0.2, 0.25) is 0 Å². The van der Waals surface area contributed by atoms with Gasteiger partial charge in [0.15, 0.2) is 0 Å². The van der Waals surface area contributed by atoms with E-state index in [1.165, 1.54) is 5.56 Å². The number of rotatable bonds is 6. The van der Waals surface area contributed by atoms with E-state index in [-0.39, 0.29) is 6.04 Å². The number of unbranched alkanes of at least 4 members (excludes halogenated alkanes) is 1. The number of hydrogen-bond acceptors (Lipinski definition) is 1. The number of allylic oxidation sites excluding steroid dienone is 1. The zero-order valence-electron chi connectivity index (χ0n) is 8.95. The molecule has 0 saturated carbocycles. The lowest BCUT2D eigenvalue weighted by atomic mass is 10.0. The molecular formula is C13H18BrN. The summed E-state index contributed by atoms with van der Waals surface area (Å²) in [5.74, 6) is 0. The van der Waals surface area contributed by atoms with Gasteiger partial charge in [0, 0.05) is 10.5 Å². The minimum atomic E-state index is 0.270. The highest BCUT2D eigenvalue weighted by molar-refractivity contribution is 9.10. The van der Waals surface area contributed by atoms with E-state index in [1.807, 2.05) is 6.08 Å². The quantitative estimate of drug-likeness (QED) is 0.618. The average Bonchev–Trinajstić information content (AvgIpc) is 2.22. The highest BCUT2D eigenvalue weighted by atomic mass is 79.9. The Morgan fingerprint density at radius 1 is 1.33 bits per heavy atom. The van der Waals surface area contributed by atoms with Crippen LogP contribution in [0.15, 0.2) is 41.4 Å². The third-order valence-electron chi connectivity index (χ3n) is 2.39. The van der Waals surface area contributed by atoms with Crippen molar-refractivity contribution in [1.29, 1.82) is 0 Å². The maximum Gasteiger partial charge on any atom is 0.0175 e. The fourth-order valence-corrected chi connectivity index (χ4v) is 1.81. The molecule has 0 saturated heterocycles. The highest BCUT2D eigenvalue weighted by Crippen LogP contribution is 2.13. The van der Waals surface area contributed by atoms with Crippen molar-refractivity contribution in [2.24, 2.45) is 5.73 Å². The smallest absolute Gasteiger partial charge is 0.0175 e. The lowest BCUT2D eigenvalue weighted by Crippen LogP contribution is -2.22. The van der Waals surface area contributed by atoms with Crippen molar-refractivity contribution >= 4 is 15.9 Å². The summed E-state index contributed by atoms with van der Waals surface area (Å²) in [6, 6.07) is 8.64. The molecule has 1 nitrogen and oxygen atoms in total. The normalized spacial score (nSPS) is 12.4. The fraction of sp³-hybridized carbons (Fsp3) is 0.385. The molecule has 0 aromatic heterocycles. The first kappa shape index (κ1) is 12.5. The standard InChI is InChI=1S/C13H18BrN/c1-2-3-4-5-13(15)10-11-6-8-12(14)9-7-11/h2,6-9,13H,1,3-5,10,15H2. The van der Waals surface area contributed by atoms with Crippen LogP contribution in [0.3, 0.4) is 0 Å². The molecule has 15 heavy (non-hydrogen) atoms. The van der Waals surface area contributed by atoms with Crippen LogP contribution in [0, 0.1) is 0 Å². The topological polar surface area (TPSA) is 26.0 Å². The largest absolute Gasteiger partial charge is 0.327 e. The molecule has 2 N–H and O–H groups in total. The van der Waals surface area contributed by atoms with Crippen LogP contribution in [-0.4, -0.2) is 6.04 Å². The van der Waals surface area contributed by atoms with Gasteiger partial charge in [-0.1, -0.05) is 34.1 Å². The summed E-state index contributed by atoms with van der Waals surface area (Å²) in [7, 11) is 0. The van der Waals surface area contributed by atoms with Crippen molar-refractivity contribution in [2.45, 2.75) is 31.7 Å². The minimum absolute atomic E-state index is 0.270. The number of halogens is 1. The first-order valence-corrected chi connectivity index (χ1v) is 6.12. The summed E-state index contributed by atoms with van der Waals surface area (Å²) in [6.07, 6.45) is 6.19. The molecule has 0 amide bonds. The Morgan fingerprint density at radius 3 is 2.60 bits per heavy atom. The summed E-state index contributed by atoms with van der Waals surface area (Å²) in [5.41, 5.74) is 7.35. The molecule has 0 aliphatic carbocycles. The Hall–Kier alpha value is -0.600. The Labute approximate surface area is 101 Å². The first-order valence-electron chi connectivity index (χ1n) is 5.33. The van der Waals surface area contributed by atoms with Gasteiger partial charge in [0.2, 0.25) is 0 Å². The van der Waals surface area contributed by atoms with Gasteiger partial charge < -0.3 is 5.73 Å². The third kappa shape index (κ3) is 5.14. The van der Waals surface area contributed by atoms with Crippen molar-refractivity contribution in [1.82, 2.24) is 0 Å². The molecule has 0 spiro atoms. The molecule has 1 aromatic rings. The van der Waals surface area contributed by atoms with Crippen LogP contribution in [0.25, 0.3) is 0 Å². The van der Waals surface area contributed by atoms with E-state index in [4.69, 9.17) is 5.73 Å². The average molecular weight is 268 g/mol. The molecule has 0 bridgehead atoms. The molecule has 2 heteroatoms. The van der Waals surface area contributed by atoms with Gasteiger partial charge in [0.25, 0.3) is 0 Å². The van der Waals surface area contributed by atoms with Gasteiger partial charge in [-0.3, -0.25) is 0 Å². The first-order chi connectivity index (χ1) is 7.22. The van der Waals surface area contributed by atoms with Gasteiger partial charge in [-0.05, 0) is 43.4 Å². The summed E-state index contributed by atoms with van der Waals surface area (Å²) in [6.45, 7) is 3.71.